The average molecular weight is 365 g/mol. The van der Waals surface area contributed by atoms with Gasteiger partial charge in [-0.05, 0) is 44.1 Å². The summed E-state index contributed by atoms with van der Waals surface area (Å²) in [6, 6.07) is 0. The SMILES string of the molecule is C=C[C@]1(C)C[C@H]([C@]2(C)C3=C(CC[C@H]2C)CCC32SCCS2)OC1=O. The molecule has 2 nitrogen and oxygen atoms in total. The van der Waals surface area contributed by atoms with Gasteiger partial charge in [0.05, 0.1) is 9.49 Å². The van der Waals surface area contributed by atoms with Crippen LogP contribution >= 0.6 is 23.5 Å². The predicted octanol–water partition coefficient (Wildman–Crippen LogP) is 5.20. The number of thioether (sulfide) groups is 2. The van der Waals surface area contributed by atoms with Crippen molar-refractivity contribution in [2.75, 3.05) is 11.5 Å². The van der Waals surface area contributed by atoms with Crippen LogP contribution in [0.15, 0.2) is 23.8 Å². The lowest BCUT2D eigenvalue weighted by molar-refractivity contribution is -0.150. The number of fused-ring (bicyclic) bond motifs is 1. The Balaban J connectivity index is 1.78. The fraction of sp³-hybridized carbons (Fsp3) is 0.750. The molecule has 2 fully saturated rings. The smallest absolute Gasteiger partial charge is 0.316 e. The molecule has 2 saturated heterocycles. The minimum atomic E-state index is -0.521. The minimum Gasteiger partial charge on any atom is -0.461 e. The van der Waals surface area contributed by atoms with Gasteiger partial charge in [-0.3, -0.25) is 4.79 Å². The first-order valence-corrected chi connectivity index (χ1v) is 11.2. The maximum atomic E-state index is 12.5. The van der Waals surface area contributed by atoms with Crippen molar-refractivity contribution >= 4 is 29.5 Å². The van der Waals surface area contributed by atoms with Crippen molar-refractivity contribution in [1.29, 1.82) is 0 Å². The van der Waals surface area contributed by atoms with E-state index in [-0.39, 0.29) is 21.6 Å². The largest absolute Gasteiger partial charge is 0.461 e. The summed E-state index contributed by atoms with van der Waals surface area (Å²) in [5, 5.41) is 0. The van der Waals surface area contributed by atoms with Crippen LogP contribution in [-0.2, 0) is 9.53 Å². The first-order valence-electron chi connectivity index (χ1n) is 9.21. The Morgan fingerprint density at radius 3 is 2.58 bits per heavy atom. The van der Waals surface area contributed by atoms with Crippen LogP contribution in [0.2, 0.25) is 0 Å². The van der Waals surface area contributed by atoms with Gasteiger partial charge in [-0.2, -0.15) is 0 Å². The highest BCUT2D eigenvalue weighted by Crippen LogP contribution is 2.67. The summed E-state index contributed by atoms with van der Waals surface area (Å²) in [6.07, 6.45) is 7.55. The summed E-state index contributed by atoms with van der Waals surface area (Å²) in [4.78, 5) is 12.5. The molecule has 24 heavy (non-hydrogen) atoms. The van der Waals surface area contributed by atoms with E-state index in [0.29, 0.717) is 5.92 Å². The second-order valence-corrected chi connectivity index (χ2v) is 11.4. The molecule has 0 bridgehead atoms. The molecule has 1 spiro atoms. The van der Waals surface area contributed by atoms with Gasteiger partial charge in [0, 0.05) is 23.3 Å². The molecule has 4 rings (SSSR count). The first-order chi connectivity index (χ1) is 11.4. The van der Waals surface area contributed by atoms with Crippen molar-refractivity contribution < 1.29 is 9.53 Å². The van der Waals surface area contributed by atoms with E-state index < -0.39 is 5.41 Å². The van der Waals surface area contributed by atoms with Crippen LogP contribution in [0.3, 0.4) is 0 Å². The van der Waals surface area contributed by atoms with Gasteiger partial charge < -0.3 is 4.74 Å². The molecule has 0 amide bonds. The molecule has 132 valence electrons. The van der Waals surface area contributed by atoms with Crippen molar-refractivity contribution in [2.24, 2.45) is 16.7 Å². The van der Waals surface area contributed by atoms with E-state index in [4.69, 9.17) is 4.74 Å². The van der Waals surface area contributed by atoms with Gasteiger partial charge in [-0.1, -0.05) is 25.5 Å². The number of ether oxygens (including phenoxy) is 1. The molecule has 4 heteroatoms. The second-order valence-electron chi connectivity index (χ2n) is 8.37. The van der Waals surface area contributed by atoms with E-state index in [1.54, 1.807) is 17.2 Å². The van der Waals surface area contributed by atoms with E-state index in [1.807, 2.05) is 6.92 Å². The van der Waals surface area contributed by atoms with E-state index in [1.165, 1.54) is 37.2 Å². The standard InChI is InChI=1S/C20H28O2S2/c1-5-18(3)12-15(22-17(18)21)19(4)13(2)6-7-14-8-9-20(16(14)19)23-10-11-24-20/h5,13,15H,1,6-12H2,2-4H3/t13-,15-,18-,19-/m1/s1. The Morgan fingerprint density at radius 2 is 1.96 bits per heavy atom. The monoisotopic (exact) mass is 364 g/mol. The van der Waals surface area contributed by atoms with Crippen molar-refractivity contribution in [3.63, 3.8) is 0 Å². The molecule has 0 N–H and O–H groups in total. The number of cyclic esters (lactones) is 1. The third-order valence-corrected chi connectivity index (χ3v) is 10.7. The number of hydrogen-bond donors (Lipinski definition) is 0. The molecule has 0 aromatic heterocycles. The number of esters is 1. The molecule has 2 aliphatic carbocycles. The fourth-order valence-corrected chi connectivity index (χ4v) is 8.98. The zero-order valence-electron chi connectivity index (χ0n) is 15.0. The van der Waals surface area contributed by atoms with Gasteiger partial charge in [0.1, 0.15) is 6.10 Å². The zero-order chi connectivity index (χ0) is 17.2. The van der Waals surface area contributed by atoms with Crippen LogP contribution in [0.5, 0.6) is 0 Å². The molecule has 0 unspecified atom stereocenters. The molecule has 4 atom stereocenters. The topological polar surface area (TPSA) is 26.3 Å². The lowest BCUT2D eigenvalue weighted by Gasteiger charge is -2.49. The van der Waals surface area contributed by atoms with Crippen LogP contribution in [0.25, 0.3) is 0 Å². The van der Waals surface area contributed by atoms with Gasteiger partial charge >= 0.3 is 5.97 Å². The summed E-state index contributed by atoms with van der Waals surface area (Å²) in [6.45, 7) is 10.7. The molecular weight excluding hydrogens is 336 g/mol. The summed E-state index contributed by atoms with van der Waals surface area (Å²) in [7, 11) is 0. The van der Waals surface area contributed by atoms with Crippen LogP contribution < -0.4 is 0 Å². The molecule has 2 heterocycles. The van der Waals surface area contributed by atoms with Gasteiger partial charge in [-0.15, -0.1) is 30.1 Å². The predicted molar refractivity (Wildman–Crippen MR) is 103 cm³/mol. The van der Waals surface area contributed by atoms with E-state index in [9.17, 15) is 4.79 Å². The van der Waals surface area contributed by atoms with Crippen LogP contribution in [0, 0.1) is 16.7 Å². The summed E-state index contributed by atoms with van der Waals surface area (Å²) in [5.74, 6) is 2.97. The Hall–Kier alpha value is -0.350. The summed E-state index contributed by atoms with van der Waals surface area (Å²) >= 11 is 4.30. The molecule has 2 aliphatic heterocycles. The normalized spacial score (nSPS) is 44.0. The minimum absolute atomic E-state index is 0.00919. The van der Waals surface area contributed by atoms with Crippen molar-refractivity contribution in [3.8, 4) is 0 Å². The highest BCUT2D eigenvalue weighted by atomic mass is 32.2. The highest BCUT2D eigenvalue weighted by molar-refractivity contribution is 8.21. The van der Waals surface area contributed by atoms with Gasteiger partial charge in [-0.25, -0.2) is 0 Å². The number of hydrogen-bond acceptors (Lipinski definition) is 4. The fourth-order valence-electron chi connectivity index (χ4n) is 5.31. The van der Waals surface area contributed by atoms with E-state index in [0.717, 1.165) is 6.42 Å². The first kappa shape index (κ1) is 17.1. The summed E-state index contributed by atoms with van der Waals surface area (Å²) < 4.78 is 6.29. The maximum absolute atomic E-state index is 12.5. The third-order valence-electron chi connectivity index (χ3n) is 7.13. The highest BCUT2D eigenvalue weighted by Gasteiger charge is 2.61. The summed E-state index contributed by atoms with van der Waals surface area (Å²) in [5.41, 5.74) is 2.80. The lowest BCUT2D eigenvalue weighted by atomic mass is 9.60. The maximum Gasteiger partial charge on any atom is 0.316 e. The molecule has 0 aromatic rings. The van der Waals surface area contributed by atoms with Gasteiger partial charge in [0.15, 0.2) is 0 Å². The van der Waals surface area contributed by atoms with Crippen molar-refractivity contribution in [1.82, 2.24) is 0 Å². The Labute approximate surface area is 154 Å². The molecule has 0 saturated carbocycles. The molecular formula is C20H28O2S2. The zero-order valence-corrected chi connectivity index (χ0v) is 16.7. The Kier molecular flexibility index (Phi) is 3.97. The van der Waals surface area contributed by atoms with Crippen molar-refractivity contribution in [2.45, 2.75) is 63.1 Å². The van der Waals surface area contributed by atoms with E-state index in [2.05, 4.69) is 44.0 Å². The van der Waals surface area contributed by atoms with Gasteiger partial charge in [0.2, 0.25) is 0 Å². The van der Waals surface area contributed by atoms with Crippen LogP contribution in [0.4, 0.5) is 0 Å². The quantitative estimate of drug-likeness (QED) is 0.497. The van der Waals surface area contributed by atoms with Crippen molar-refractivity contribution in [3.05, 3.63) is 23.8 Å². The Bertz CT molecular complexity index is 619. The number of allylic oxidation sites excluding steroid dienone is 1. The van der Waals surface area contributed by atoms with Crippen LogP contribution in [0.1, 0.15) is 52.9 Å². The second kappa shape index (κ2) is 5.57. The number of carbonyl (C=O) groups is 1. The van der Waals surface area contributed by atoms with Gasteiger partial charge in [0.25, 0.3) is 0 Å². The average Bonchev–Trinajstić information content (AvgIpc) is 3.25. The Morgan fingerprint density at radius 1 is 1.25 bits per heavy atom. The van der Waals surface area contributed by atoms with E-state index >= 15 is 0 Å². The third kappa shape index (κ3) is 2.14. The number of carbonyl (C=O) groups excluding carboxylic acids is 1. The van der Waals surface area contributed by atoms with Crippen LogP contribution in [-0.4, -0.2) is 27.7 Å². The molecule has 0 radical (unpaired) electrons. The lowest BCUT2D eigenvalue weighted by Crippen LogP contribution is -2.46. The number of rotatable bonds is 2. The molecule has 0 aromatic carbocycles. The molecule has 4 aliphatic rings.